The number of carbonyl (C=O) groups excluding carboxylic acids is 1. The molecule has 0 unspecified atom stereocenters. The van der Waals surface area contributed by atoms with Gasteiger partial charge in [0, 0.05) is 36.0 Å². The van der Waals surface area contributed by atoms with E-state index in [1.54, 1.807) is 23.1 Å². The van der Waals surface area contributed by atoms with E-state index in [9.17, 15) is 4.79 Å². The molecule has 4 nitrogen and oxygen atoms in total. The molecule has 0 fully saturated rings. The van der Waals surface area contributed by atoms with Crippen molar-refractivity contribution in [2.24, 2.45) is 13.0 Å². The number of rotatable bonds is 6. The van der Waals surface area contributed by atoms with Crippen LogP contribution in [0.3, 0.4) is 0 Å². The standard InChI is InChI=1S/C19H22N2O2S2/c1-12(2)9-14-10-21(4)19(20-14)24-11-17-18(23-13(3)22)15-7-5-6-8-16(15)25-17/h5-8,10,12H,9,11H2,1-4H3. The van der Waals surface area contributed by atoms with Crippen molar-refractivity contribution in [3.63, 3.8) is 0 Å². The van der Waals surface area contributed by atoms with Crippen molar-refractivity contribution in [3.05, 3.63) is 41.0 Å². The lowest BCUT2D eigenvalue weighted by Crippen LogP contribution is -2.02. The number of fused-ring (bicyclic) bond motifs is 1. The zero-order valence-corrected chi connectivity index (χ0v) is 16.5. The first-order valence-electron chi connectivity index (χ1n) is 8.28. The maximum atomic E-state index is 11.5. The third-order valence-corrected chi connectivity index (χ3v) is 6.10. The van der Waals surface area contributed by atoms with Gasteiger partial charge in [-0.25, -0.2) is 4.98 Å². The van der Waals surface area contributed by atoms with E-state index in [0.29, 0.717) is 11.7 Å². The van der Waals surface area contributed by atoms with Gasteiger partial charge in [-0.2, -0.15) is 0 Å². The number of hydrogen-bond donors (Lipinski definition) is 0. The van der Waals surface area contributed by atoms with Crippen molar-refractivity contribution in [1.29, 1.82) is 0 Å². The van der Waals surface area contributed by atoms with Gasteiger partial charge in [0.15, 0.2) is 10.9 Å². The molecule has 25 heavy (non-hydrogen) atoms. The summed E-state index contributed by atoms with van der Waals surface area (Å²) in [6.07, 6.45) is 3.08. The van der Waals surface area contributed by atoms with Crippen LogP contribution in [0.1, 0.15) is 31.3 Å². The summed E-state index contributed by atoms with van der Waals surface area (Å²) in [5.41, 5.74) is 1.12. The van der Waals surface area contributed by atoms with Crippen molar-refractivity contribution >= 4 is 39.2 Å². The summed E-state index contributed by atoms with van der Waals surface area (Å²) in [5, 5.41) is 1.99. The predicted molar refractivity (Wildman–Crippen MR) is 104 cm³/mol. The number of aryl methyl sites for hydroxylation is 1. The lowest BCUT2D eigenvalue weighted by molar-refractivity contribution is -0.131. The number of carbonyl (C=O) groups is 1. The Morgan fingerprint density at radius 2 is 2.12 bits per heavy atom. The topological polar surface area (TPSA) is 44.1 Å². The largest absolute Gasteiger partial charge is 0.425 e. The first-order valence-corrected chi connectivity index (χ1v) is 10.1. The highest BCUT2D eigenvalue weighted by molar-refractivity contribution is 7.98. The van der Waals surface area contributed by atoms with Crippen LogP contribution in [0.15, 0.2) is 35.6 Å². The Morgan fingerprint density at radius 1 is 1.36 bits per heavy atom. The van der Waals surface area contributed by atoms with E-state index < -0.39 is 0 Å². The molecule has 0 bridgehead atoms. The number of ether oxygens (including phenoxy) is 1. The number of imidazole rings is 1. The Hall–Kier alpha value is -1.79. The van der Waals surface area contributed by atoms with Gasteiger partial charge in [0.2, 0.25) is 0 Å². The molecular weight excluding hydrogens is 352 g/mol. The molecule has 0 N–H and O–H groups in total. The van der Waals surface area contributed by atoms with Crippen LogP contribution in [0.5, 0.6) is 5.75 Å². The van der Waals surface area contributed by atoms with E-state index in [0.717, 1.165) is 38.0 Å². The average molecular weight is 375 g/mol. The summed E-state index contributed by atoms with van der Waals surface area (Å²) in [7, 11) is 2.02. The van der Waals surface area contributed by atoms with Crippen LogP contribution in [0.4, 0.5) is 0 Å². The Bertz CT molecular complexity index is 896. The molecule has 0 saturated carbocycles. The van der Waals surface area contributed by atoms with E-state index in [-0.39, 0.29) is 5.97 Å². The van der Waals surface area contributed by atoms with Gasteiger partial charge in [0.05, 0.1) is 10.6 Å². The van der Waals surface area contributed by atoms with Crippen LogP contribution >= 0.6 is 23.1 Å². The summed E-state index contributed by atoms with van der Waals surface area (Å²) in [4.78, 5) is 17.3. The quantitative estimate of drug-likeness (QED) is 0.447. The molecule has 3 aromatic rings. The Labute approximate surface area is 156 Å². The molecule has 0 atom stereocenters. The van der Waals surface area contributed by atoms with Crippen LogP contribution in [0.2, 0.25) is 0 Å². The fraction of sp³-hybridized carbons (Fsp3) is 0.368. The number of thioether (sulfide) groups is 1. The minimum Gasteiger partial charge on any atom is -0.425 e. The molecule has 3 rings (SSSR count). The van der Waals surface area contributed by atoms with E-state index in [2.05, 4.69) is 30.7 Å². The zero-order chi connectivity index (χ0) is 18.0. The second kappa shape index (κ2) is 7.62. The Kier molecular flexibility index (Phi) is 5.49. The van der Waals surface area contributed by atoms with E-state index in [1.807, 2.05) is 25.2 Å². The molecule has 0 aliphatic rings. The monoisotopic (exact) mass is 374 g/mol. The van der Waals surface area contributed by atoms with Gasteiger partial charge in [-0.3, -0.25) is 4.79 Å². The van der Waals surface area contributed by atoms with Gasteiger partial charge < -0.3 is 9.30 Å². The molecule has 0 radical (unpaired) electrons. The summed E-state index contributed by atoms with van der Waals surface area (Å²) in [6, 6.07) is 8.03. The fourth-order valence-electron chi connectivity index (χ4n) is 2.71. The average Bonchev–Trinajstić information content (AvgIpc) is 3.05. The molecular formula is C19H22N2O2S2. The molecule has 0 amide bonds. The normalized spacial score (nSPS) is 11.4. The van der Waals surface area contributed by atoms with Gasteiger partial charge in [-0.05, 0) is 24.5 Å². The number of hydrogen-bond acceptors (Lipinski definition) is 5. The minimum atomic E-state index is -0.286. The SMILES string of the molecule is CC(=O)Oc1c(CSc2nc(CC(C)C)cn2C)sc2ccccc12. The highest BCUT2D eigenvalue weighted by Crippen LogP contribution is 2.40. The van der Waals surface area contributed by atoms with Crippen LogP contribution in [0, 0.1) is 5.92 Å². The second-order valence-corrected chi connectivity index (χ2v) is 8.54. The molecule has 0 saturated heterocycles. The van der Waals surface area contributed by atoms with Gasteiger partial charge in [-0.15, -0.1) is 11.3 Å². The van der Waals surface area contributed by atoms with Crippen LogP contribution in [-0.2, 0) is 24.0 Å². The summed E-state index contributed by atoms with van der Waals surface area (Å²) in [6.45, 7) is 5.84. The molecule has 0 aliphatic heterocycles. The minimum absolute atomic E-state index is 0.286. The van der Waals surface area contributed by atoms with Crippen LogP contribution in [-0.4, -0.2) is 15.5 Å². The highest BCUT2D eigenvalue weighted by Gasteiger charge is 2.16. The van der Waals surface area contributed by atoms with Gasteiger partial charge in [0.1, 0.15) is 0 Å². The highest BCUT2D eigenvalue weighted by atomic mass is 32.2. The third kappa shape index (κ3) is 4.25. The predicted octanol–water partition coefficient (Wildman–Crippen LogP) is 5.05. The van der Waals surface area contributed by atoms with Crippen molar-refractivity contribution in [3.8, 4) is 5.75 Å². The Balaban J connectivity index is 1.83. The molecule has 1 aromatic carbocycles. The number of nitrogens with zero attached hydrogens (tertiary/aromatic N) is 2. The summed E-state index contributed by atoms with van der Waals surface area (Å²) < 4.78 is 8.71. The number of aromatic nitrogens is 2. The lowest BCUT2D eigenvalue weighted by atomic mass is 10.1. The molecule has 132 valence electrons. The molecule has 2 aromatic heterocycles. The van der Waals surface area contributed by atoms with Crippen molar-refractivity contribution in [1.82, 2.24) is 9.55 Å². The summed E-state index contributed by atoms with van der Waals surface area (Å²) in [5.74, 6) is 1.72. The van der Waals surface area contributed by atoms with E-state index in [4.69, 9.17) is 9.72 Å². The van der Waals surface area contributed by atoms with Gasteiger partial charge >= 0.3 is 5.97 Å². The number of benzene rings is 1. The van der Waals surface area contributed by atoms with Gasteiger partial charge in [0.25, 0.3) is 0 Å². The van der Waals surface area contributed by atoms with Crippen LogP contribution < -0.4 is 4.74 Å². The third-order valence-electron chi connectivity index (χ3n) is 3.70. The van der Waals surface area contributed by atoms with E-state index >= 15 is 0 Å². The number of esters is 1. The first kappa shape index (κ1) is 18.0. The smallest absolute Gasteiger partial charge is 0.308 e. The molecule has 6 heteroatoms. The lowest BCUT2D eigenvalue weighted by Gasteiger charge is -2.04. The van der Waals surface area contributed by atoms with Gasteiger partial charge in [-0.1, -0.05) is 37.7 Å². The van der Waals surface area contributed by atoms with Crippen LogP contribution in [0.25, 0.3) is 10.1 Å². The molecule has 2 heterocycles. The maximum Gasteiger partial charge on any atom is 0.308 e. The first-order chi connectivity index (χ1) is 11.9. The Morgan fingerprint density at radius 3 is 2.84 bits per heavy atom. The zero-order valence-electron chi connectivity index (χ0n) is 14.9. The van der Waals surface area contributed by atoms with Crippen molar-refractivity contribution in [2.75, 3.05) is 0 Å². The number of thiophene rings is 1. The van der Waals surface area contributed by atoms with E-state index in [1.165, 1.54) is 6.92 Å². The maximum absolute atomic E-state index is 11.5. The fourth-order valence-corrected chi connectivity index (χ4v) is 4.88. The second-order valence-electron chi connectivity index (χ2n) is 6.46. The van der Waals surface area contributed by atoms with Crippen molar-refractivity contribution < 1.29 is 9.53 Å². The van der Waals surface area contributed by atoms with Crippen molar-refractivity contribution in [2.45, 2.75) is 38.1 Å². The molecule has 0 aliphatic carbocycles. The summed E-state index contributed by atoms with van der Waals surface area (Å²) >= 11 is 3.35. The molecule has 0 spiro atoms.